The minimum atomic E-state index is -0.0509. The number of thioether (sulfide) groups is 1. The van der Waals surface area contributed by atoms with E-state index in [0.717, 1.165) is 35.1 Å². The molecule has 1 N–H and O–H groups in total. The van der Waals surface area contributed by atoms with Crippen LogP contribution in [0.2, 0.25) is 0 Å². The van der Waals surface area contributed by atoms with Gasteiger partial charge in [0, 0.05) is 24.0 Å². The molecule has 0 bridgehead atoms. The number of carbonyl (C=O) groups is 1. The quantitative estimate of drug-likeness (QED) is 0.610. The summed E-state index contributed by atoms with van der Waals surface area (Å²) in [7, 11) is 0. The van der Waals surface area contributed by atoms with Crippen molar-refractivity contribution >= 4 is 17.7 Å². The summed E-state index contributed by atoms with van der Waals surface area (Å²) < 4.78 is 7.47. The molecule has 0 aromatic carbocycles. The minimum absolute atomic E-state index is 0.0509. The second-order valence-corrected chi connectivity index (χ2v) is 7.79. The molecule has 4 rings (SSSR count). The first-order chi connectivity index (χ1) is 13.8. The molecule has 8 heteroatoms. The minimum Gasteiger partial charge on any atom is -0.467 e. The van der Waals surface area contributed by atoms with Crippen molar-refractivity contribution in [3.05, 3.63) is 48.7 Å². The van der Waals surface area contributed by atoms with Crippen molar-refractivity contribution in [2.24, 2.45) is 0 Å². The molecule has 28 heavy (non-hydrogen) atoms. The smallest absolute Gasteiger partial charge is 0.230 e. The topological polar surface area (TPSA) is 85.8 Å². The van der Waals surface area contributed by atoms with Gasteiger partial charge in [-0.2, -0.15) is 0 Å². The Morgan fingerprint density at radius 2 is 2.00 bits per heavy atom. The summed E-state index contributed by atoms with van der Waals surface area (Å²) in [5.41, 5.74) is 1.00. The number of amides is 1. The van der Waals surface area contributed by atoms with E-state index in [4.69, 9.17) is 4.42 Å². The highest BCUT2D eigenvalue weighted by Crippen LogP contribution is 2.35. The zero-order valence-electron chi connectivity index (χ0n) is 15.6. The Bertz CT molecular complexity index is 889. The molecule has 1 fully saturated rings. The van der Waals surface area contributed by atoms with E-state index >= 15 is 0 Å². The molecule has 1 aliphatic rings. The van der Waals surface area contributed by atoms with Gasteiger partial charge in [-0.25, -0.2) is 0 Å². The molecule has 0 unspecified atom stereocenters. The van der Waals surface area contributed by atoms with E-state index in [1.54, 1.807) is 18.7 Å². The van der Waals surface area contributed by atoms with E-state index in [1.165, 1.54) is 31.0 Å². The van der Waals surface area contributed by atoms with Crippen LogP contribution < -0.4 is 5.32 Å². The van der Waals surface area contributed by atoms with Crippen molar-refractivity contribution in [1.29, 1.82) is 0 Å². The van der Waals surface area contributed by atoms with Gasteiger partial charge in [0.05, 0.1) is 18.6 Å². The van der Waals surface area contributed by atoms with E-state index in [2.05, 4.69) is 25.1 Å². The molecule has 1 aliphatic carbocycles. The van der Waals surface area contributed by atoms with Crippen molar-refractivity contribution in [2.75, 3.05) is 5.75 Å². The predicted molar refractivity (Wildman–Crippen MR) is 107 cm³/mol. The Morgan fingerprint density at radius 3 is 2.75 bits per heavy atom. The predicted octanol–water partition coefficient (Wildman–Crippen LogP) is 3.85. The molecule has 0 aliphatic heterocycles. The lowest BCUT2D eigenvalue weighted by Gasteiger charge is -2.25. The largest absolute Gasteiger partial charge is 0.467 e. The Hall–Kier alpha value is -2.61. The average Bonchev–Trinajstić information content (AvgIpc) is 3.42. The molecule has 0 saturated heterocycles. The second kappa shape index (κ2) is 9.05. The molecule has 0 spiro atoms. The summed E-state index contributed by atoms with van der Waals surface area (Å²) in [6.45, 7) is 0.393. The zero-order chi connectivity index (χ0) is 19.2. The molecule has 3 aromatic rings. The van der Waals surface area contributed by atoms with Crippen molar-refractivity contribution in [1.82, 2.24) is 25.1 Å². The third kappa shape index (κ3) is 4.44. The Balaban J connectivity index is 1.48. The van der Waals surface area contributed by atoms with Crippen LogP contribution in [0.25, 0.3) is 11.4 Å². The lowest BCUT2D eigenvalue weighted by Crippen LogP contribution is -2.24. The summed E-state index contributed by atoms with van der Waals surface area (Å²) in [6, 6.07) is 7.93. The maximum Gasteiger partial charge on any atom is 0.230 e. The summed E-state index contributed by atoms with van der Waals surface area (Å²) in [5, 5.41) is 12.5. The SMILES string of the molecule is O=C(CSc1nnc(-c2ccncc2)n1C1CCCCC1)NCc1ccco1. The average molecular weight is 398 g/mol. The van der Waals surface area contributed by atoms with Gasteiger partial charge in [0.2, 0.25) is 5.91 Å². The fourth-order valence-electron chi connectivity index (χ4n) is 3.52. The molecule has 0 atom stereocenters. The molecule has 3 heterocycles. The highest BCUT2D eigenvalue weighted by atomic mass is 32.2. The number of rotatable bonds is 7. The molecule has 3 aromatic heterocycles. The fraction of sp³-hybridized carbons (Fsp3) is 0.400. The number of carbonyl (C=O) groups excluding carboxylic acids is 1. The van der Waals surface area contributed by atoms with Crippen LogP contribution in [0.5, 0.6) is 0 Å². The van der Waals surface area contributed by atoms with Gasteiger partial charge in [0.25, 0.3) is 0 Å². The first-order valence-corrected chi connectivity index (χ1v) is 10.6. The van der Waals surface area contributed by atoms with Crippen LogP contribution >= 0.6 is 11.8 Å². The van der Waals surface area contributed by atoms with Gasteiger partial charge in [-0.1, -0.05) is 31.0 Å². The Labute approximate surface area is 167 Å². The normalized spacial score (nSPS) is 14.9. The molecule has 0 radical (unpaired) electrons. The van der Waals surface area contributed by atoms with Gasteiger partial charge in [-0.05, 0) is 37.1 Å². The van der Waals surface area contributed by atoms with Crippen LogP contribution in [0.1, 0.15) is 43.9 Å². The number of pyridine rings is 1. The standard InChI is InChI=1S/C20H23N5O2S/c26-18(22-13-17-7-4-12-27-17)14-28-20-24-23-19(15-8-10-21-11-9-15)25(20)16-5-2-1-3-6-16/h4,7-12,16H,1-3,5-6,13-14H2,(H,22,26). The maximum atomic E-state index is 12.2. The van der Waals surface area contributed by atoms with Crippen LogP contribution in [-0.4, -0.2) is 31.4 Å². The highest BCUT2D eigenvalue weighted by molar-refractivity contribution is 7.99. The van der Waals surface area contributed by atoms with Gasteiger partial charge >= 0.3 is 0 Å². The van der Waals surface area contributed by atoms with Crippen LogP contribution in [0.3, 0.4) is 0 Å². The van der Waals surface area contributed by atoms with Gasteiger partial charge < -0.3 is 9.73 Å². The van der Waals surface area contributed by atoms with E-state index in [-0.39, 0.29) is 5.91 Å². The van der Waals surface area contributed by atoms with Gasteiger partial charge in [-0.15, -0.1) is 10.2 Å². The zero-order valence-corrected chi connectivity index (χ0v) is 16.4. The Morgan fingerprint density at radius 1 is 1.18 bits per heavy atom. The summed E-state index contributed by atoms with van der Waals surface area (Å²) in [6.07, 6.45) is 11.1. The van der Waals surface area contributed by atoms with Crippen LogP contribution in [0.15, 0.2) is 52.5 Å². The van der Waals surface area contributed by atoms with Crippen LogP contribution in [0.4, 0.5) is 0 Å². The van der Waals surface area contributed by atoms with E-state index in [9.17, 15) is 4.79 Å². The third-order valence-corrected chi connectivity index (χ3v) is 5.86. The van der Waals surface area contributed by atoms with Crippen molar-refractivity contribution in [3.8, 4) is 11.4 Å². The Kier molecular flexibility index (Phi) is 6.06. The molecular weight excluding hydrogens is 374 g/mol. The highest BCUT2D eigenvalue weighted by Gasteiger charge is 2.24. The lowest BCUT2D eigenvalue weighted by molar-refractivity contribution is -0.118. The number of furan rings is 1. The number of hydrogen-bond donors (Lipinski definition) is 1. The molecular formula is C20H23N5O2S. The van der Waals surface area contributed by atoms with Gasteiger partial charge in [0.15, 0.2) is 11.0 Å². The van der Waals surface area contributed by atoms with Crippen molar-refractivity contribution in [3.63, 3.8) is 0 Å². The van der Waals surface area contributed by atoms with Gasteiger partial charge in [-0.3, -0.25) is 14.3 Å². The number of aromatic nitrogens is 4. The molecule has 146 valence electrons. The van der Waals surface area contributed by atoms with E-state index in [0.29, 0.717) is 18.3 Å². The van der Waals surface area contributed by atoms with E-state index in [1.807, 2.05) is 24.3 Å². The van der Waals surface area contributed by atoms with E-state index < -0.39 is 0 Å². The first-order valence-electron chi connectivity index (χ1n) is 9.58. The number of nitrogens with zero attached hydrogens (tertiary/aromatic N) is 4. The summed E-state index contributed by atoms with van der Waals surface area (Å²) in [4.78, 5) is 16.3. The third-order valence-electron chi connectivity index (χ3n) is 4.92. The summed E-state index contributed by atoms with van der Waals surface area (Å²) in [5.74, 6) is 1.84. The lowest BCUT2D eigenvalue weighted by atomic mass is 9.95. The van der Waals surface area contributed by atoms with Crippen LogP contribution in [0, 0.1) is 0 Å². The fourth-order valence-corrected chi connectivity index (χ4v) is 4.36. The van der Waals surface area contributed by atoms with Crippen LogP contribution in [-0.2, 0) is 11.3 Å². The number of nitrogens with one attached hydrogen (secondary N) is 1. The van der Waals surface area contributed by atoms with Crippen molar-refractivity contribution < 1.29 is 9.21 Å². The molecule has 1 saturated carbocycles. The van der Waals surface area contributed by atoms with Gasteiger partial charge in [0.1, 0.15) is 5.76 Å². The number of hydrogen-bond acceptors (Lipinski definition) is 6. The monoisotopic (exact) mass is 397 g/mol. The molecule has 1 amide bonds. The van der Waals surface area contributed by atoms with Crippen molar-refractivity contribution in [2.45, 2.75) is 49.8 Å². The summed E-state index contributed by atoms with van der Waals surface area (Å²) >= 11 is 1.43. The first kappa shape index (κ1) is 18.7. The maximum absolute atomic E-state index is 12.2. The molecule has 7 nitrogen and oxygen atoms in total. The second-order valence-electron chi connectivity index (χ2n) is 6.85.